The number of rotatable bonds is 4. The molecule has 0 saturated heterocycles. The lowest BCUT2D eigenvalue weighted by Crippen LogP contribution is -2.47. The van der Waals surface area contributed by atoms with Crippen LogP contribution in [-0.2, 0) is 16.8 Å². The van der Waals surface area contributed by atoms with Crippen molar-refractivity contribution in [3.63, 3.8) is 0 Å². The number of nitrogens with two attached hydrogens (primary N) is 1. The summed E-state index contributed by atoms with van der Waals surface area (Å²) in [5.41, 5.74) is 7.78. The summed E-state index contributed by atoms with van der Waals surface area (Å²) >= 11 is 0. The van der Waals surface area contributed by atoms with Crippen molar-refractivity contribution in [3.8, 4) is 0 Å². The molecule has 92 valence electrons. The van der Waals surface area contributed by atoms with Gasteiger partial charge in [0.05, 0.1) is 5.54 Å². The van der Waals surface area contributed by atoms with Crippen LogP contribution in [0.15, 0.2) is 24.3 Å². The van der Waals surface area contributed by atoms with Crippen molar-refractivity contribution >= 4 is 5.91 Å². The number of amides is 1. The van der Waals surface area contributed by atoms with Crippen molar-refractivity contribution in [3.05, 3.63) is 35.4 Å². The van der Waals surface area contributed by atoms with Gasteiger partial charge in [0.15, 0.2) is 0 Å². The van der Waals surface area contributed by atoms with Gasteiger partial charge in [-0.1, -0.05) is 31.2 Å². The Balaban J connectivity index is 2.43. The summed E-state index contributed by atoms with van der Waals surface area (Å²) < 4.78 is 0. The monoisotopic (exact) mass is 232 g/mol. The van der Waals surface area contributed by atoms with E-state index in [1.54, 1.807) is 0 Å². The summed E-state index contributed by atoms with van der Waals surface area (Å²) in [5, 5.41) is 3.48. The molecule has 0 fully saturated rings. The third-order valence-corrected chi connectivity index (χ3v) is 3.57. The zero-order chi connectivity index (χ0) is 12.3. The second kappa shape index (κ2) is 4.88. The predicted octanol–water partition coefficient (Wildman–Crippen LogP) is 1.70. The minimum absolute atomic E-state index is 0.234. The van der Waals surface area contributed by atoms with Gasteiger partial charge in [0.2, 0.25) is 5.91 Å². The number of hydrogen-bond acceptors (Lipinski definition) is 2. The maximum absolute atomic E-state index is 11.3. The number of fused-ring (bicyclic) bond motifs is 1. The van der Waals surface area contributed by atoms with Gasteiger partial charge in [-0.2, -0.15) is 0 Å². The fourth-order valence-corrected chi connectivity index (χ4v) is 2.99. The van der Waals surface area contributed by atoms with Gasteiger partial charge in [0.1, 0.15) is 0 Å². The van der Waals surface area contributed by atoms with Crippen molar-refractivity contribution in [2.75, 3.05) is 6.54 Å². The Morgan fingerprint density at radius 1 is 1.47 bits per heavy atom. The number of carbonyl (C=O) groups excluding carboxylic acids is 1. The van der Waals surface area contributed by atoms with Crippen LogP contribution in [0.2, 0.25) is 0 Å². The van der Waals surface area contributed by atoms with E-state index in [2.05, 4.69) is 30.4 Å². The SMILES string of the molecule is CCNC1(CC(N)=O)CCCc2ccccc21. The van der Waals surface area contributed by atoms with Crippen molar-refractivity contribution in [2.24, 2.45) is 5.73 Å². The molecule has 1 amide bonds. The quantitative estimate of drug-likeness (QED) is 0.830. The molecule has 0 saturated carbocycles. The molecule has 17 heavy (non-hydrogen) atoms. The van der Waals surface area contributed by atoms with Gasteiger partial charge in [-0.05, 0) is 36.9 Å². The highest BCUT2D eigenvalue weighted by atomic mass is 16.1. The molecule has 0 aromatic heterocycles. The molecular formula is C14H20N2O. The van der Waals surface area contributed by atoms with Gasteiger partial charge >= 0.3 is 0 Å². The molecule has 0 heterocycles. The zero-order valence-electron chi connectivity index (χ0n) is 10.3. The smallest absolute Gasteiger partial charge is 0.219 e. The summed E-state index contributed by atoms with van der Waals surface area (Å²) in [5.74, 6) is -0.234. The zero-order valence-corrected chi connectivity index (χ0v) is 10.3. The molecule has 0 aliphatic heterocycles. The Bertz CT molecular complexity index is 416. The summed E-state index contributed by atoms with van der Waals surface area (Å²) in [4.78, 5) is 11.3. The molecule has 1 aromatic rings. The Morgan fingerprint density at radius 2 is 2.24 bits per heavy atom. The first kappa shape index (κ1) is 12.1. The van der Waals surface area contributed by atoms with Crippen LogP contribution in [0.5, 0.6) is 0 Å². The number of aryl methyl sites for hydroxylation is 1. The van der Waals surface area contributed by atoms with Crippen LogP contribution >= 0.6 is 0 Å². The molecule has 2 rings (SSSR count). The molecule has 3 heteroatoms. The predicted molar refractivity (Wildman–Crippen MR) is 68.5 cm³/mol. The van der Waals surface area contributed by atoms with Gasteiger partial charge in [0, 0.05) is 6.42 Å². The van der Waals surface area contributed by atoms with E-state index in [9.17, 15) is 4.79 Å². The first-order chi connectivity index (χ1) is 8.18. The van der Waals surface area contributed by atoms with E-state index in [1.165, 1.54) is 11.1 Å². The topological polar surface area (TPSA) is 55.1 Å². The lowest BCUT2D eigenvalue weighted by atomic mass is 9.74. The minimum Gasteiger partial charge on any atom is -0.370 e. The number of benzene rings is 1. The number of primary amides is 1. The van der Waals surface area contributed by atoms with E-state index < -0.39 is 0 Å². The molecule has 0 bridgehead atoms. The third-order valence-electron chi connectivity index (χ3n) is 3.57. The fraction of sp³-hybridized carbons (Fsp3) is 0.500. The van der Waals surface area contributed by atoms with Crippen LogP contribution in [-0.4, -0.2) is 12.5 Å². The second-order valence-electron chi connectivity index (χ2n) is 4.77. The van der Waals surface area contributed by atoms with Crippen LogP contribution in [0.4, 0.5) is 0 Å². The lowest BCUT2D eigenvalue weighted by Gasteiger charge is -2.39. The minimum atomic E-state index is -0.241. The van der Waals surface area contributed by atoms with Gasteiger partial charge in [-0.25, -0.2) is 0 Å². The first-order valence-corrected chi connectivity index (χ1v) is 6.30. The van der Waals surface area contributed by atoms with Gasteiger partial charge < -0.3 is 11.1 Å². The summed E-state index contributed by atoms with van der Waals surface area (Å²) in [6.45, 7) is 2.92. The largest absolute Gasteiger partial charge is 0.370 e. The van der Waals surface area contributed by atoms with Crippen LogP contribution in [0, 0.1) is 0 Å². The second-order valence-corrected chi connectivity index (χ2v) is 4.77. The molecule has 1 aromatic carbocycles. The molecule has 1 aliphatic rings. The molecule has 3 nitrogen and oxygen atoms in total. The average Bonchev–Trinajstić information content (AvgIpc) is 2.29. The van der Waals surface area contributed by atoms with E-state index in [0.29, 0.717) is 6.42 Å². The van der Waals surface area contributed by atoms with E-state index in [0.717, 1.165) is 25.8 Å². The van der Waals surface area contributed by atoms with Crippen LogP contribution in [0.25, 0.3) is 0 Å². The van der Waals surface area contributed by atoms with E-state index >= 15 is 0 Å². The molecule has 1 unspecified atom stereocenters. The van der Waals surface area contributed by atoms with Gasteiger partial charge in [-0.15, -0.1) is 0 Å². The highest BCUT2D eigenvalue weighted by molar-refractivity contribution is 5.75. The average molecular weight is 232 g/mol. The molecule has 0 spiro atoms. The summed E-state index contributed by atoms with van der Waals surface area (Å²) in [7, 11) is 0. The fourth-order valence-electron chi connectivity index (χ4n) is 2.99. The highest BCUT2D eigenvalue weighted by Gasteiger charge is 2.36. The van der Waals surface area contributed by atoms with Crippen molar-refractivity contribution < 1.29 is 4.79 Å². The summed E-state index contributed by atoms with van der Waals surface area (Å²) in [6, 6.07) is 8.38. The Morgan fingerprint density at radius 3 is 2.94 bits per heavy atom. The standard InChI is InChI=1S/C14H20N2O/c1-2-16-14(10-13(15)17)9-5-7-11-6-3-4-8-12(11)14/h3-4,6,8,16H,2,5,7,9-10H2,1H3,(H2,15,17). The van der Waals surface area contributed by atoms with Crippen molar-refractivity contribution in [1.29, 1.82) is 0 Å². The van der Waals surface area contributed by atoms with Gasteiger partial charge in [0.25, 0.3) is 0 Å². The Kier molecular flexibility index (Phi) is 3.48. The normalized spacial score (nSPS) is 23.1. The summed E-state index contributed by atoms with van der Waals surface area (Å²) in [6.07, 6.45) is 3.58. The molecule has 1 atom stereocenters. The lowest BCUT2D eigenvalue weighted by molar-refractivity contribution is -0.119. The molecular weight excluding hydrogens is 212 g/mol. The molecule has 3 N–H and O–H groups in total. The molecule has 0 radical (unpaired) electrons. The number of nitrogens with one attached hydrogen (secondary N) is 1. The van der Waals surface area contributed by atoms with E-state index in [1.807, 2.05) is 6.07 Å². The van der Waals surface area contributed by atoms with Crippen molar-refractivity contribution in [2.45, 2.75) is 38.1 Å². The van der Waals surface area contributed by atoms with Crippen LogP contribution in [0.1, 0.15) is 37.3 Å². The maximum atomic E-state index is 11.3. The maximum Gasteiger partial charge on any atom is 0.219 e. The first-order valence-electron chi connectivity index (χ1n) is 6.30. The van der Waals surface area contributed by atoms with Crippen molar-refractivity contribution in [1.82, 2.24) is 5.32 Å². The van der Waals surface area contributed by atoms with Crippen LogP contribution < -0.4 is 11.1 Å². The van der Waals surface area contributed by atoms with E-state index in [4.69, 9.17) is 5.73 Å². The number of carbonyl (C=O) groups is 1. The number of hydrogen-bond donors (Lipinski definition) is 2. The molecule has 1 aliphatic carbocycles. The van der Waals surface area contributed by atoms with Gasteiger partial charge in [-0.3, -0.25) is 4.79 Å². The van der Waals surface area contributed by atoms with E-state index in [-0.39, 0.29) is 11.4 Å². The Hall–Kier alpha value is -1.35. The van der Waals surface area contributed by atoms with Crippen LogP contribution in [0.3, 0.4) is 0 Å². The third kappa shape index (κ3) is 2.34. The Labute approximate surface area is 102 Å². The highest BCUT2D eigenvalue weighted by Crippen LogP contribution is 2.37.